The van der Waals surface area contributed by atoms with E-state index in [-0.39, 0.29) is 56.2 Å². The minimum absolute atomic E-state index is 0.0592. The van der Waals surface area contributed by atoms with Crippen molar-refractivity contribution >= 4 is 40.9 Å². The summed E-state index contributed by atoms with van der Waals surface area (Å²) in [6.45, 7) is 12.2. The lowest BCUT2D eigenvalue weighted by Gasteiger charge is -2.35. The second-order valence-corrected chi connectivity index (χ2v) is 13.7. The van der Waals surface area contributed by atoms with Crippen molar-refractivity contribution in [2.45, 2.75) is 78.2 Å². The van der Waals surface area contributed by atoms with Gasteiger partial charge in [-0.05, 0) is 86.1 Å². The third kappa shape index (κ3) is 5.39. The number of fused-ring (bicyclic) bond motifs is 2. The summed E-state index contributed by atoms with van der Waals surface area (Å²) in [6, 6.07) is 22.8. The Morgan fingerprint density at radius 1 is 0.520 bits per heavy atom. The topological polar surface area (TPSA) is 109 Å². The Hall–Kier alpha value is -5.50. The number of amides is 4. The summed E-state index contributed by atoms with van der Waals surface area (Å²) in [5.74, 6) is -2.68. The van der Waals surface area contributed by atoms with E-state index in [1.807, 2.05) is 39.0 Å². The van der Waals surface area contributed by atoms with Gasteiger partial charge in [0.15, 0.2) is 11.6 Å². The summed E-state index contributed by atoms with van der Waals surface area (Å²) in [5, 5.41) is 0. The van der Waals surface area contributed by atoms with Crippen molar-refractivity contribution in [1.29, 1.82) is 0 Å². The molecule has 6 rings (SSSR count). The van der Waals surface area contributed by atoms with E-state index < -0.39 is 29.0 Å². The number of rotatable bonds is 11. The van der Waals surface area contributed by atoms with Crippen LogP contribution in [0.15, 0.2) is 84.9 Å². The van der Waals surface area contributed by atoms with E-state index in [2.05, 4.69) is 20.8 Å². The average Bonchev–Trinajstić information content (AvgIpc) is 3.56. The van der Waals surface area contributed by atoms with E-state index in [9.17, 15) is 28.8 Å². The van der Waals surface area contributed by atoms with Crippen LogP contribution in [0.1, 0.15) is 146 Å². The van der Waals surface area contributed by atoms with Gasteiger partial charge in [0.05, 0.1) is 27.9 Å². The first-order valence-electron chi connectivity index (χ1n) is 17.2. The number of benzene rings is 4. The monoisotopic (exact) mass is 668 g/mol. The Morgan fingerprint density at radius 3 is 1.54 bits per heavy atom. The van der Waals surface area contributed by atoms with Crippen LogP contribution in [0.5, 0.6) is 0 Å². The minimum atomic E-state index is -0.653. The van der Waals surface area contributed by atoms with E-state index in [1.54, 1.807) is 24.3 Å². The first-order valence-corrected chi connectivity index (χ1v) is 17.2. The first-order chi connectivity index (χ1) is 23.8. The number of carbonyl (C=O) groups excluding carboxylic acids is 6. The molecule has 4 aromatic rings. The van der Waals surface area contributed by atoms with Gasteiger partial charge in [-0.2, -0.15) is 0 Å². The molecule has 2 aliphatic heterocycles. The lowest BCUT2D eigenvalue weighted by Crippen LogP contribution is -2.48. The fourth-order valence-electron chi connectivity index (χ4n) is 6.87. The zero-order valence-electron chi connectivity index (χ0n) is 29.3. The molecule has 8 heteroatoms. The van der Waals surface area contributed by atoms with Gasteiger partial charge in [0.1, 0.15) is 0 Å². The Labute approximate surface area is 292 Å². The highest BCUT2D eigenvalue weighted by molar-refractivity contribution is 6.35. The van der Waals surface area contributed by atoms with Crippen molar-refractivity contribution in [2.24, 2.45) is 0 Å². The summed E-state index contributed by atoms with van der Waals surface area (Å²) >= 11 is 0. The highest BCUT2D eigenvalue weighted by Gasteiger charge is 2.45. The van der Waals surface area contributed by atoms with Gasteiger partial charge >= 0.3 is 0 Å². The molecule has 254 valence electrons. The van der Waals surface area contributed by atoms with Crippen LogP contribution >= 0.6 is 0 Å². The molecule has 0 aromatic heterocycles. The van der Waals surface area contributed by atoms with E-state index in [4.69, 9.17) is 0 Å². The standard InChI is InChI=1S/C42H40N2O6/c1-7-41(5,8-2)29-15-11-13-25(21-29)35(45)26-14-12-16-30(22-26)43-37(47)31-19-17-27(23-33(31)38(43)48)36(46)28-18-20-32-34(24-28)40(50)44(39(32)49)42(6,9-3)10-4/h11-24H,7-10H2,1-6H3. The molecule has 0 saturated heterocycles. The maximum absolute atomic E-state index is 13.7. The highest BCUT2D eigenvalue weighted by atomic mass is 16.2. The number of ketones is 2. The van der Waals surface area contributed by atoms with Crippen molar-refractivity contribution in [3.8, 4) is 0 Å². The van der Waals surface area contributed by atoms with Gasteiger partial charge in [-0.1, -0.05) is 77.1 Å². The van der Waals surface area contributed by atoms with Gasteiger partial charge in [0.25, 0.3) is 23.6 Å². The SMILES string of the molecule is CCC(C)(CC)c1cccc(C(=O)c2cccc(N3C(=O)c4ccc(C(=O)c5ccc6c(c5)C(=O)N(C(C)(CC)CC)C6=O)cc4C3=O)c2)c1. The molecular formula is C42H40N2O6. The molecule has 0 aliphatic carbocycles. The molecule has 0 atom stereocenters. The number of nitrogens with zero attached hydrogens (tertiary/aromatic N) is 2. The molecule has 4 amide bonds. The summed E-state index contributed by atoms with van der Waals surface area (Å²) in [5.41, 5.74) is 2.41. The second-order valence-electron chi connectivity index (χ2n) is 13.7. The van der Waals surface area contributed by atoms with Crippen molar-refractivity contribution in [1.82, 2.24) is 4.90 Å². The summed E-state index contributed by atoms with van der Waals surface area (Å²) in [4.78, 5) is 83.5. The Kier molecular flexibility index (Phi) is 8.76. The molecule has 0 saturated carbocycles. The molecular weight excluding hydrogens is 628 g/mol. The van der Waals surface area contributed by atoms with E-state index >= 15 is 0 Å². The quantitative estimate of drug-likeness (QED) is 0.118. The molecule has 4 aromatic carbocycles. The predicted octanol–water partition coefficient (Wildman–Crippen LogP) is 8.20. The van der Waals surface area contributed by atoms with E-state index in [0.717, 1.165) is 23.3 Å². The molecule has 2 aliphatic rings. The third-order valence-corrected chi connectivity index (χ3v) is 11.1. The third-order valence-electron chi connectivity index (χ3n) is 11.1. The van der Waals surface area contributed by atoms with Crippen LogP contribution in [-0.2, 0) is 5.41 Å². The van der Waals surface area contributed by atoms with Crippen molar-refractivity contribution < 1.29 is 28.8 Å². The number of anilines is 1. The molecule has 0 bridgehead atoms. The van der Waals surface area contributed by atoms with Gasteiger partial charge in [-0.25, -0.2) is 4.90 Å². The van der Waals surface area contributed by atoms with E-state index in [1.165, 1.54) is 47.4 Å². The van der Waals surface area contributed by atoms with Gasteiger partial charge in [0, 0.05) is 27.8 Å². The molecule has 50 heavy (non-hydrogen) atoms. The minimum Gasteiger partial charge on any atom is -0.289 e. The molecule has 2 heterocycles. The highest BCUT2D eigenvalue weighted by Crippen LogP contribution is 2.36. The van der Waals surface area contributed by atoms with Crippen molar-refractivity contribution in [3.05, 3.63) is 135 Å². The smallest absolute Gasteiger partial charge is 0.266 e. The van der Waals surface area contributed by atoms with Crippen LogP contribution in [-0.4, -0.2) is 45.6 Å². The van der Waals surface area contributed by atoms with Crippen LogP contribution in [0, 0.1) is 0 Å². The van der Waals surface area contributed by atoms with Crippen molar-refractivity contribution in [2.75, 3.05) is 4.90 Å². The van der Waals surface area contributed by atoms with Gasteiger partial charge < -0.3 is 0 Å². The number of imide groups is 2. The lowest BCUT2D eigenvalue weighted by atomic mass is 9.77. The summed E-state index contributed by atoms with van der Waals surface area (Å²) in [7, 11) is 0. The average molecular weight is 669 g/mol. The molecule has 0 fully saturated rings. The van der Waals surface area contributed by atoms with Crippen LogP contribution in [0.25, 0.3) is 0 Å². The van der Waals surface area contributed by atoms with Gasteiger partial charge in [0.2, 0.25) is 0 Å². The molecule has 0 unspecified atom stereocenters. The normalized spacial score (nSPS) is 14.4. The zero-order valence-corrected chi connectivity index (χ0v) is 29.3. The fourth-order valence-corrected chi connectivity index (χ4v) is 6.87. The van der Waals surface area contributed by atoms with Crippen LogP contribution in [0.3, 0.4) is 0 Å². The fraction of sp³-hybridized carbons (Fsp3) is 0.286. The lowest BCUT2D eigenvalue weighted by molar-refractivity contribution is 0.0434. The molecule has 8 nitrogen and oxygen atoms in total. The maximum Gasteiger partial charge on any atom is 0.266 e. The molecule has 0 N–H and O–H groups in total. The Morgan fingerprint density at radius 2 is 0.980 bits per heavy atom. The van der Waals surface area contributed by atoms with Crippen LogP contribution in [0.4, 0.5) is 5.69 Å². The van der Waals surface area contributed by atoms with Gasteiger partial charge in [-0.15, -0.1) is 0 Å². The second kappa shape index (κ2) is 12.8. The predicted molar refractivity (Wildman–Crippen MR) is 191 cm³/mol. The zero-order chi connectivity index (χ0) is 36.1. The molecule has 0 spiro atoms. The number of hydrogen-bond acceptors (Lipinski definition) is 6. The number of carbonyl (C=O) groups is 6. The van der Waals surface area contributed by atoms with Crippen molar-refractivity contribution in [3.63, 3.8) is 0 Å². The Balaban J connectivity index is 1.27. The first kappa shape index (κ1) is 34.4. The Bertz CT molecular complexity index is 2120. The van der Waals surface area contributed by atoms with Crippen LogP contribution in [0.2, 0.25) is 0 Å². The largest absolute Gasteiger partial charge is 0.289 e. The maximum atomic E-state index is 13.7. The van der Waals surface area contributed by atoms with Gasteiger partial charge in [-0.3, -0.25) is 33.7 Å². The molecule has 0 radical (unpaired) electrons. The summed E-state index contributed by atoms with van der Waals surface area (Å²) in [6.07, 6.45) is 3.03. The van der Waals surface area contributed by atoms with Crippen LogP contribution < -0.4 is 4.90 Å². The number of hydrogen-bond donors (Lipinski definition) is 0. The summed E-state index contributed by atoms with van der Waals surface area (Å²) < 4.78 is 0. The van der Waals surface area contributed by atoms with E-state index in [0.29, 0.717) is 24.0 Å².